The van der Waals surface area contributed by atoms with E-state index in [0.29, 0.717) is 5.78 Å². The Balaban J connectivity index is 0.00000144. The molecule has 0 amide bonds. The zero-order valence-electron chi connectivity index (χ0n) is 8.80. The van der Waals surface area contributed by atoms with Gasteiger partial charge in [-0.2, -0.15) is 0 Å². The number of hydrogen-bond acceptors (Lipinski definition) is 2. The van der Waals surface area contributed by atoms with Gasteiger partial charge in [-0.15, -0.1) is 12.4 Å². The molecule has 1 rings (SSSR count). The minimum Gasteiger partial charge on any atom is -0.308 e. The zero-order valence-corrected chi connectivity index (χ0v) is 9.62. The maximum atomic E-state index is 11.6. The van der Waals surface area contributed by atoms with Crippen LogP contribution in [0.2, 0.25) is 0 Å². The smallest absolute Gasteiger partial charge is 0.140 e. The Morgan fingerprint density at radius 1 is 1.38 bits per heavy atom. The standard InChI is InChI=1S/C10H19NO.ClH/c1-10(8-11(2)3)7-5-4-6-9(10)12;/h4-8H2,1-3H3;1H. The predicted molar refractivity (Wildman–Crippen MR) is 57.4 cm³/mol. The van der Waals surface area contributed by atoms with E-state index in [2.05, 4.69) is 11.8 Å². The second-order valence-corrected chi connectivity index (χ2v) is 4.43. The molecule has 0 N–H and O–H groups in total. The van der Waals surface area contributed by atoms with Crippen molar-refractivity contribution in [1.29, 1.82) is 0 Å². The minimum absolute atomic E-state index is 0. The lowest BCUT2D eigenvalue weighted by Gasteiger charge is -2.34. The molecule has 1 fully saturated rings. The van der Waals surface area contributed by atoms with Crippen molar-refractivity contribution in [3.05, 3.63) is 0 Å². The molecule has 0 heterocycles. The van der Waals surface area contributed by atoms with Gasteiger partial charge < -0.3 is 4.90 Å². The van der Waals surface area contributed by atoms with E-state index in [1.807, 2.05) is 14.1 Å². The largest absolute Gasteiger partial charge is 0.308 e. The number of nitrogens with zero attached hydrogens (tertiary/aromatic N) is 1. The quantitative estimate of drug-likeness (QED) is 0.689. The van der Waals surface area contributed by atoms with E-state index in [1.165, 1.54) is 6.42 Å². The molecule has 78 valence electrons. The van der Waals surface area contributed by atoms with Crippen LogP contribution in [-0.2, 0) is 4.79 Å². The Hall–Kier alpha value is -0.0800. The Bertz CT molecular complexity index is 182. The van der Waals surface area contributed by atoms with Gasteiger partial charge in [-0.3, -0.25) is 4.79 Å². The van der Waals surface area contributed by atoms with Crippen molar-refractivity contribution in [3.63, 3.8) is 0 Å². The summed E-state index contributed by atoms with van der Waals surface area (Å²) in [6.45, 7) is 3.01. The summed E-state index contributed by atoms with van der Waals surface area (Å²) in [5.74, 6) is 0.461. The molecular formula is C10H20ClNO. The summed E-state index contributed by atoms with van der Waals surface area (Å²) in [4.78, 5) is 13.7. The number of rotatable bonds is 2. The number of Topliss-reactive ketones (excluding diaryl/α,β-unsaturated/α-hetero) is 1. The SMILES string of the molecule is CN(C)CC1(C)CCCCC1=O.Cl. The Kier molecular flexibility index (Phi) is 4.93. The van der Waals surface area contributed by atoms with Crippen LogP contribution in [0.1, 0.15) is 32.6 Å². The highest BCUT2D eigenvalue weighted by Gasteiger charge is 2.35. The fourth-order valence-electron chi connectivity index (χ4n) is 2.11. The van der Waals surface area contributed by atoms with Crippen molar-refractivity contribution < 1.29 is 4.79 Å². The van der Waals surface area contributed by atoms with Crippen molar-refractivity contribution in [1.82, 2.24) is 4.90 Å². The summed E-state index contributed by atoms with van der Waals surface area (Å²) in [6.07, 6.45) is 4.19. The van der Waals surface area contributed by atoms with Gasteiger partial charge in [-0.05, 0) is 26.9 Å². The van der Waals surface area contributed by atoms with Crippen LogP contribution in [-0.4, -0.2) is 31.3 Å². The van der Waals surface area contributed by atoms with Gasteiger partial charge in [-0.1, -0.05) is 13.3 Å². The molecule has 0 aliphatic heterocycles. The van der Waals surface area contributed by atoms with Crippen molar-refractivity contribution >= 4 is 18.2 Å². The van der Waals surface area contributed by atoms with Gasteiger partial charge in [0.25, 0.3) is 0 Å². The van der Waals surface area contributed by atoms with Crippen LogP contribution >= 0.6 is 12.4 Å². The van der Waals surface area contributed by atoms with Crippen LogP contribution in [0.25, 0.3) is 0 Å². The van der Waals surface area contributed by atoms with Gasteiger partial charge >= 0.3 is 0 Å². The Morgan fingerprint density at radius 3 is 2.46 bits per heavy atom. The van der Waals surface area contributed by atoms with Crippen LogP contribution in [0.5, 0.6) is 0 Å². The summed E-state index contributed by atoms with van der Waals surface area (Å²) in [6, 6.07) is 0. The topological polar surface area (TPSA) is 20.3 Å². The highest BCUT2D eigenvalue weighted by molar-refractivity contribution is 5.85. The fraction of sp³-hybridized carbons (Fsp3) is 0.900. The maximum Gasteiger partial charge on any atom is 0.140 e. The predicted octanol–water partition coefficient (Wildman–Crippen LogP) is 2.12. The molecule has 1 aliphatic rings. The number of ketones is 1. The van der Waals surface area contributed by atoms with E-state index >= 15 is 0 Å². The van der Waals surface area contributed by atoms with E-state index in [4.69, 9.17) is 0 Å². The van der Waals surface area contributed by atoms with Gasteiger partial charge in [-0.25, -0.2) is 0 Å². The van der Waals surface area contributed by atoms with Gasteiger partial charge in [0.05, 0.1) is 0 Å². The molecule has 1 atom stereocenters. The van der Waals surface area contributed by atoms with Crippen molar-refractivity contribution in [2.24, 2.45) is 5.41 Å². The molecular weight excluding hydrogens is 186 g/mol. The summed E-state index contributed by atoms with van der Waals surface area (Å²) < 4.78 is 0. The second-order valence-electron chi connectivity index (χ2n) is 4.43. The normalized spacial score (nSPS) is 28.8. The van der Waals surface area contributed by atoms with Crippen molar-refractivity contribution in [3.8, 4) is 0 Å². The maximum absolute atomic E-state index is 11.6. The van der Waals surface area contributed by atoms with E-state index < -0.39 is 0 Å². The Morgan fingerprint density at radius 2 is 2.00 bits per heavy atom. The lowest BCUT2D eigenvalue weighted by atomic mass is 9.74. The minimum atomic E-state index is -0.0538. The molecule has 1 saturated carbocycles. The van der Waals surface area contributed by atoms with Crippen molar-refractivity contribution in [2.45, 2.75) is 32.6 Å². The van der Waals surface area contributed by atoms with Crippen LogP contribution in [0.4, 0.5) is 0 Å². The average molecular weight is 206 g/mol. The van der Waals surface area contributed by atoms with Crippen LogP contribution in [0, 0.1) is 5.41 Å². The lowest BCUT2D eigenvalue weighted by Crippen LogP contribution is -2.40. The number of carbonyl (C=O) groups excluding carboxylic acids is 1. The zero-order chi connectivity index (χ0) is 9.19. The summed E-state index contributed by atoms with van der Waals surface area (Å²) in [5, 5.41) is 0. The number of carbonyl (C=O) groups is 1. The molecule has 0 aromatic rings. The molecule has 3 heteroatoms. The average Bonchev–Trinajstić information content (AvgIpc) is 1.94. The molecule has 0 bridgehead atoms. The number of halogens is 1. The molecule has 2 nitrogen and oxygen atoms in total. The monoisotopic (exact) mass is 205 g/mol. The summed E-state index contributed by atoms with van der Waals surface area (Å²) in [7, 11) is 4.07. The molecule has 1 aliphatic carbocycles. The molecule has 13 heavy (non-hydrogen) atoms. The molecule has 0 aromatic carbocycles. The molecule has 0 radical (unpaired) electrons. The first-order chi connectivity index (χ1) is 5.54. The molecule has 0 aromatic heterocycles. The van der Waals surface area contributed by atoms with Crippen LogP contribution in [0.15, 0.2) is 0 Å². The summed E-state index contributed by atoms with van der Waals surface area (Å²) in [5.41, 5.74) is -0.0538. The Labute approximate surface area is 87.1 Å². The molecule has 0 saturated heterocycles. The third kappa shape index (κ3) is 3.28. The van der Waals surface area contributed by atoms with Gasteiger partial charge in [0, 0.05) is 18.4 Å². The van der Waals surface area contributed by atoms with Gasteiger partial charge in [0.15, 0.2) is 0 Å². The van der Waals surface area contributed by atoms with E-state index in [9.17, 15) is 4.79 Å². The van der Waals surface area contributed by atoms with E-state index in [0.717, 1.165) is 25.8 Å². The first-order valence-electron chi connectivity index (χ1n) is 4.73. The highest BCUT2D eigenvalue weighted by atomic mass is 35.5. The first kappa shape index (κ1) is 12.9. The van der Waals surface area contributed by atoms with Crippen molar-refractivity contribution in [2.75, 3.05) is 20.6 Å². The van der Waals surface area contributed by atoms with E-state index in [-0.39, 0.29) is 17.8 Å². The van der Waals surface area contributed by atoms with E-state index in [1.54, 1.807) is 0 Å². The number of hydrogen-bond donors (Lipinski definition) is 0. The molecule has 1 unspecified atom stereocenters. The summed E-state index contributed by atoms with van der Waals surface area (Å²) >= 11 is 0. The lowest BCUT2D eigenvalue weighted by molar-refractivity contribution is -0.131. The highest BCUT2D eigenvalue weighted by Crippen LogP contribution is 2.32. The van der Waals surface area contributed by atoms with Gasteiger partial charge in [0.2, 0.25) is 0 Å². The van der Waals surface area contributed by atoms with Crippen LogP contribution < -0.4 is 0 Å². The second kappa shape index (κ2) is 4.97. The third-order valence-electron chi connectivity index (χ3n) is 2.72. The molecule has 0 spiro atoms. The first-order valence-corrected chi connectivity index (χ1v) is 4.73. The van der Waals surface area contributed by atoms with Crippen LogP contribution in [0.3, 0.4) is 0 Å². The third-order valence-corrected chi connectivity index (χ3v) is 2.72. The fourth-order valence-corrected chi connectivity index (χ4v) is 2.11. The van der Waals surface area contributed by atoms with Gasteiger partial charge in [0.1, 0.15) is 5.78 Å².